The van der Waals surface area contributed by atoms with E-state index in [1.54, 1.807) is 31.2 Å². The Labute approximate surface area is 187 Å². The number of benzene rings is 2. The van der Waals surface area contributed by atoms with Gasteiger partial charge in [0.2, 0.25) is 11.8 Å². The van der Waals surface area contributed by atoms with Crippen LogP contribution < -0.4 is 9.64 Å². The molecule has 1 atom stereocenters. The predicted octanol–water partition coefficient (Wildman–Crippen LogP) is 4.30. The summed E-state index contributed by atoms with van der Waals surface area (Å²) in [7, 11) is 0. The number of nitrogens with zero attached hydrogens (tertiary/aromatic N) is 2. The Morgan fingerprint density at radius 3 is 2.65 bits per heavy atom. The lowest BCUT2D eigenvalue weighted by Crippen LogP contribution is -2.31. The lowest BCUT2D eigenvalue weighted by molar-refractivity contribution is -0.121. The molecule has 7 nitrogen and oxygen atoms in total. The van der Waals surface area contributed by atoms with E-state index in [0.29, 0.717) is 17.9 Å². The number of esters is 1. The van der Waals surface area contributed by atoms with Crippen molar-refractivity contribution >= 4 is 56.8 Å². The third-order valence-corrected chi connectivity index (χ3v) is 6.93. The Morgan fingerprint density at radius 1 is 1.16 bits per heavy atom. The van der Waals surface area contributed by atoms with Crippen LogP contribution in [0, 0.1) is 0 Å². The van der Waals surface area contributed by atoms with Gasteiger partial charge in [0.1, 0.15) is 11.0 Å². The third kappa shape index (κ3) is 4.42. The van der Waals surface area contributed by atoms with Crippen molar-refractivity contribution in [3.05, 3.63) is 48.0 Å². The number of carbonyl (C=O) groups is 3. The van der Waals surface area contributed by atoms with Crippen LogP contribution in [0.2, 0.25) is 0 Å². The van der Waals surface area contributed by atoms with Crippen molar-refractivity contribution in [3.8, 4) is 5.75 Å². The maximum Gasteiger partial charge on any atom is 0.338 e. The Morgan fingerprint density at radius 2 is 1.94 bits per heavy atom. The van der Waals surface area contributed by atoms with Gasteiger partial charge < -0.3 is 9.47 Å². The maximum atomic E-state index is 12.9. The van der Waals surface area contributed by atoms with Crippen LogP contribution in [-0.4, -0.2) is 41.2 Å². The maximum absolute atomic E-state index is 12.9. The number of rotatable bonds is 7. The molecule has 2 heterocycles. The zero-order chi connectivity index (χ0) is 22.0. The molecule has 9 heteroatoms. The summed E-state index contributed by atoms with van der Waals surface area (Å²) in [6.07, 6.45) is 0.100. The fraction of sp³-hybridized carbons (Fsp3) is 0.273. The summed E-state index contributed by atoms with van der Waals surface area (Å²) in [6, 6.07) is 12.0. The van der Waals surface area contributed by atoms with Crippen molar-refractivity contribution in [3.63, 3.8) is 0 Å². The van der Waals surface area contributed by atoms with E-state index in [1.165, 1.54) is 28.0 Å². The standard InChI is InChI=1S/C22H20N2O5S2/c1-3-28-15-9-10-16-17(11-15)30-22(23-16)31-18-12-19(25)24(20(18)26)14-7-5-13(6-8-14)21(27)29-4-2/h5-11,18H,3-4,12H2,1-2H3. The van der Waals surface area contributed by atoms with Crippen LogP contribution in [-0.2, 0) is 14.3 Å². The molecular weight excluding hydrogens is 436 g/mol. The number of hydrogen-bond acceptors (Lipinski definition) is 8. The Bertz CT molecular complexity index is 1140. The zero-order valence-corrected chi connectivity index (χ0v) is 18.6. The molecule has 1 aliphatic heterocycles. The first-order valence-electron chi connectivity index (χ1n) is 9.84. The molecule has 31 heavy (non-hydrogen) atoms. The van der Waals surface area contributed by atoms with Gasteiger partial charge in [0.25, 0.3) is 0 Å². The molecule has 0 N–H and O–H groups in total. The number of thiazole rings is 1. The van der Waals surface area contributed by atoms with Gasteiger partial charge in [-0.05, 0) is 56.3 Å². The highest BCUT2D eigenvalue weighted by Gasteiger charge is 2.40. The van der Waals surface area contributed by atoms with Crippen molar-refractivity contribution in [1.82, 2.24) is 4.98 Å². The van der Waals surface area contributed by atoms with Crippen molar-refractivity contribution in [1.29, 1.82) is 0 Å². The number of anilines is 1. The molecule has 2 aromatic carbocycles. The molecule has 0 radical (unpaired) electrons. The summed E-state index contributed by atoms with van der Waals surface area (Å²) in [5, 5.41) is -0.538. The summed E-state index contributed by atoms with van der Waals surface area (Å²) < 4.78 is 12.2. The number of amides is 2. The molecule has 0 bridgehead atoms. The molecule has 160 valence electrons. The minimum absolute atomic E-state index is 0.100. The molecule has 1 unspecified atom stereocenters. The molecule has 1 fully saturated rings. The predicted molar refractivity (Wildman–Crippen MR) is 120 cm³/mol. The highest BCUT2D eigenvalue weighted by molar-refractivity contribution is 8.02. The van der Waals surface area contributed by atoms with Gasteiger partial charge in [-0.1, -0.05) is 11.8 Å². The SMILES string of the molecule is CCOC(=O)c1ccc(N2C(=O)CC(Sc3nc4ccc(OCC)cc4s3)C2=O)cc1. The van der Waals surface area contributed by atoms with E-state index in [-0.39, 0.29) is 24.8 Å². The average Bonchev–Trinajstić information content (AvgIpc) is 3.28. The zero-order valence-electron chi connectivity index (χ0n) is 17.0. The molecule has 2 amide bonds. The van der Waals surface area contributed by atoms with Crippen LogP contribution in [0.5, 0.6) is 5.75 Å². The smallest absolute Gasteiger partial charge is 0.338 e. The van der Waals surface area contributed by atoms with Crippen LogP contribution in [0.25, 0.3) is 10.2 Å². The van der Waals surface area contributed by atoms with E-state index in [0.717, 1.165) is 20.3 Å². The fourth-order valence-corrected chi connectivity index (χ4v) is 5.60. The van der Waals surface area contributed by atoms with E-state index < -0.39 is 11.2 Å². The van der Waals surface area contributed by atoms with Crippen LogP contribution in [0.4, 0.5) is 5.69 Å². The number of fused-ring (bicyclic) bond motifs is 1. The highest BCUT2D eigenvalue weighted by atomic mass is 32.2. The van der Waals surface area contributed by atoms with Crippen molar-refractivity contribution < 1.29 is 23.9 Å². The summed E-state index contributed by atoms with van der Waals surface area (Å²) in [5.41, 5.74) is 1.65. The third-order valence-electron chi connectivity index (χ3n) is 4.64. The number of hydrogen-bond donors (Lipinski definition) is 0. The Balaban J connectivity index is 1.49. The summed E-state index contributed by atoms with van der Waals surface area (Å²) >= 11 is 2.77. The molecule has 0 saturated carbocycles. The first kappa shape index (κ1) is 21.3. The fourth-order valence-electron chi connectivity index (χ4n) is 3.24. The van der Waals surface area contributed by atoms with E-state index in [1.807, 2.05) is 25.1 Å². The molecule has 3 aromatic rings. The number of ether oxygens (including phenoxy) is 2. The van der Waals surface area contributed by atoms with Crippen molar-refractivity contribution in [2.75, 3.05) is 18.1 Å². The van der Waals surface area contributed by atoms with Crippen LogP contribution in [0.15, 0.2) is 46.8 Å². The van der Waals surface area contributed by atoms with Crippen LogP contribution in [0.1, 0.15) is 30.6 Å². The highest BCUT2D eigenvalue weighted by Crippen LogP contribution is 2.38. The van der Waals surface area contributed by atoms with Gasteiger partial charge in [-0.15, -0.1) is 11.3 Å². The average molecular weight is 457 g/mol. The van der Waals surface area contributed by atoms with Crippen LogP contribution in [0.3, 0.4) is 0 Å². The molecular formula is C22H20N2O5S2. The second-order valence-electron chi connectivity index (χ2n) is 6.69. The van der Waals surface area contributed by atoms with Gasteiger partial charge in [-0.3, -0.25) is 9.59 Å². The van der Waals surface area contributed by atoms with Crippen molar-refractivity contribution in [2.24, 2.45) is 0 Å². The lowest BCUT2D eigenvalue weighted by atomic mass is 10.2. The minimum atomic E-state index is -0.538. The lowest BCUT2D eigenvalue weighted by Gasteiger charge is -2.15. The minimum Gasteiger partial charge on any atom is -0.494 e. The second-order valence-corrected chi connectivity index (χ2v) is 9.17. The molecule has 1 aromatic heterocycles. The quantitative estimate of drug-likeness (QED) is 0.387. The monoisotopic (exact) mass is 456 g/mol. The van der Waals surface area contributed by atoms with E-state index in [9.17, 15) is 14.4 Å². The largest absolute Gasteiger partial charge is 0.494 e. The van der Waals surface area contributed by atoms with Gasteiger partial charge in [0, 0.05) is 6.42 Å². The first-order chi connectivity index (χ1) is 15.0. The van der Waals surface area contributed by atoms with Gasteiger partial charge >= 0.3 is 5.97 Å². The molecule has 0 spiro atoms. The number of imide groups is 1. The number of thioether (sulfide) groups is 1. The number of carbonyl (C=O) groups excluding carboxylic acids is 3. The number of aromatic nitrogens is 1. The van der Waals surface area contributed by atoms with Gasteiger partial charge in [-0.2, -0.15) is 0 Å². The van der Waals surface area contributed by atoms with E-state index >= 15 is 0 Å². The van der Waals surface area contributed by atoms with Gasteiger partial charge in [-0.25, -0.2) is 14.7 Å². The topological polar surface area (TPSA) is 85.8 Å². The van der Waals surface area contributed by atoms with E-state index in [2.05, 4.69) is 4.98 Å². The molecule has 1 saturated heterocycles. The van der Waals surface area contributed by atoms with Gasteiger partial charge in [0.15, 0.2) is 4.34 Å². The molecule has 4 rings (SSSR count). The first-order valence-corrected chi connectivity index (χ1v) is 11.5. The van der Waals surface area contributed by atoms with Crippen LogP contribution >= 0.6 is 23.1 Å². The summed E-state index contributed by atoms with van der Waals surface area (Å²) in [4.78, 5) is 43.1. The van der Waals surface area contributed by atoms with Crippen molar-refractivity contribution in [2.45, 2.75) is 29.9 Å². The molecule has 1 aliphatic rings. The van der Waals surface area contributed by atoms with E-state index in [4.69, 9.17) is 9.47 Å². The van der Waals surface area contributed by atoms with Gasteiger partial charge in [0.05, 0.1) is 34.7 Å². The summed E-state index contributed by atoms with van der Waals surface area (Å²) in [5.74, 6) is -0.219. The second kappa shape index (κ2) is 9.07. The Kier molecular flexibility index (Phi) is 6.24. The summed E-state index contributed by atoms with van der Waals surface area (Å²) in [6.45, 7) is 4.52. The Hall–Kier alpha value is -2.91. The normalized spacial score (nSPS) is 16.2. The molecule has 0 aliphatic carbocycles.